The third-order valence-corrected chi connectivity index (χ3v) is 3.55. The van der Waals surface area contributed by atoms with Crippen LogP contribution in [0.15, 0.2) is 42.5 Å². The molecule has 2 aromatic heterocycles. The largest absolute Gasteiger partial charge is 0.470 e. The first kappa shape index (κ1) is 11.2. The van der Waals surface area contributed by atoms with Gasteiger partial charge < -0.3 is 4.74 Å². The van der Waals surface area contributed by atoms with Gasteiger partial charge in [-0.25, -0.2) is 9.97 Å². The second-order valence-electron chi connectivity index (χ2n) is 3.98. The van der Waals surface area contributed by atoms with Gasteiger partial charge in [0.25, 0.3) is 0 Å². The van der Waals surface area contributed by atoms with Gasteiger partial charge >= 0.3 is 0 Å². The number of rotatable bonds is 3. The zero-order valence-corrected chi connectivity index (χ0v) is 10.8. The van der Waals surface area contributed by atoms with Crippen LogP contribution in [0.25, 0.3) is 10.2 Å². The van der Waals surface area contributed by atoms with E-state index in [4.69, 9.17) is 4.74 Å². The number of aryl methyl sites for hydroxylation is 1. The summed E-state index contributed by atoms with van der Waals surface area (Å²) in [6.45, 7) is 2.42. The smallest absolute Gasteiger partial charge is 0.213 e. The van der Waals surface area contributed by atoms with Crippen molar-refractivity contribution >= 4 is 21.6 Å². The summed E-state index contributed by atoms with van der Waals surface area (Å²) >= 11 is 1.66. The van der Waals surface area contributed by atoms with E-state index in [-0.39, 0.29) is 0 Å². The molecule has 90 valence electrons. The first-order valence-electron chi connectivity index (χ1n) is 5.72. The van der Waals surface area contributed by atoms with Crippen LogP contribution in [0.2, 0.25) is 0 Å². The standard InChI is InChI=1S/C14H12N2OS/c1-10-5-4-8-13(15-10)17-9-14-16-11-6-2-3-7-12(11)18-14/h2-8H,9H2,1H3. The van der Waals surface area contributed by atoms with Gasteiger partial charge in [0, 0.05) is 11.8 Å². The van der Waals surface area contributed by atoms with Gasteiger partial charge in [-0.15, -0.1) is 11.3 Å². The summed E-state index contributed by atoms with van der Waals surface area (Å²) in [5, 5.41) is 0.972. The Morgan fingerprint density at radius 1 is 1.06 bits per heavy atom. The second kappa shape index (κ2) is 4.74. The topological polar surface area (TPSA) is 35.0 Å². The number of pyridine rings is 1. The lowest BCUT2D eigenvalue weighted by Gasteiger charge is -2.02. The molecule has 1 aromatic carbocycles. The van der Waals surface area contributed by atoms with Gasteiger partial charge in [-0.05, 0) is 25.1 Å². The van der Waals surface area contributed by atoms with Crippen molar-refractivity contribution in [2.75, 3.05) is 0 Å². The summed E-state index contributed by atoms with van der Waals surface area (Å²) in [6.07, 6.45) is 0. The lowest BCUT2D eigenvalue weighted by atomic mass is 10.3. The highest BCUT2D eigenvalue weighted by Gasteiger charge is 2.04. The fourth-order valence-electron chi connectivity index (χ4n) is 1.72. The van der Waals surface area contributed by atoms with E-state index in [1.807, 2.05) is 43.3 Å². The van der Waals surface area contributed by atoms with Crippen LogP contribution in [0.3, 0.4) is 0 Å². The lowest BCUT2D eigenvalue weighted by Crippen LogP contribution is -1.97. The molecule has 0 atom stereocenters. The van der Waals surface area contributed by atoms with Crippen molar-refractivity contribution in [2.24, 2.45) is 0 Å². The monoisotopic (exact) mass is 256 g/mol. The molecule has 0 aliphatic carbocycles. The normalized spacial score (nSPS) is 10.7. The van der Waals surface area contributed by atoms with Gasteiger partial charge in [-0.1, -0.05) is 18.2 Å². The number of fused-ring (bicyclic) bond motifs is 1. The molecule has 0 saturated carbocycles. The molecule has 2 heterocycles. The van der Waals surface area contributed by atoms with E-state index in [0.717, 1.165) is 16.2 Å². The third-order valence-electron chi connectivity index (χ3n) is 2.54. The number of ether oxygens (including phenoxy) is 1. The van der Waals surface area contributed by atoms with E-state index in [1.54, 1.807) is 11.3 Å². The highest BCUT2D eigenvalue weighted by Crippen LogP contribution is 2.22. The summed E-state index contributed by atoms with van der Waals surface area (Å²) in [7, 11) is 0. The predicted molar refractivity (Wildman–Crippen MR) is 72.9 cm³/mol. The van der Waals surface area contributed by atoms with Crippen molar-refractivity contribution in [3.05, 3.63) is 53.2 Å². The zero-order chi connectivity index (χ0) is 12.4. The maximum absolute atomic E-state index is 5.64. The van der Waals surface area contributed by atoms with Crippen LogP contribution in [0, 0.1) is 6.92 Å². The van der Waals surface area contributed by atoms with E-state index < -0.39 is 0 Å². The Morgan fingerprint density at radius 2 is 1.94 bits per heavy atom. The molecule has 18 heavy (non-hydrogen) atoms. The molecule has 3 aromatic rings. The SMILES string of the molecule is Cc1cccc(OCc2nc3ccccc3s2)n1. The van der Waals surface area contributed by atoms with Gasteiger partial charge in [0.05, 0.1) is 10.2 Å². The quantitative estimate of drug-likeness (QED) is 0.718. The van der Waals surface area contributed by atoms with E-state index >= 15 is 0 Å². The van der Waals surface area contributed by atoms with Crippen molar-refractivity contribution < 1.29 is 4.74 Å². The van der Waals surface area contributed by atoms with Crippen molar-refractivity contribution in [2.45, 2.75) is 13.5 Å². The molecule has 0 amide bonds. The number of benzene rings is 1. The molecule has 4 heteroatoms. The van der Waals surface area contributed by atoms with Gasteiger partial charge in [-0.2, -0.15) is 0 Å². The highest BCUT2D eigenvalue weighted by molar-refractivity contribution is 7.18. The Kier molecular flexibility index (Phi) is 2.94. The molecule has 0 aliphatic rings. The molecule has 0 radical (unpaired) electrons. The highest BCUT2D eigenvalue weighted by atomic mass is 32.1. The van der Waals surface area contributed by atoms with E-state index in [2.05, 4.69) is 16.0 Å². The predicted octanol–water partition coefficient (Wildman–Crippen LogP) is 3.58. The fourth-order valence-corrected chi connectivity index (χ4v) is 2.60. The minimum Gasteiger partial charge on any atom is -0.470 e. The Morgan fingerprint density at radius 3 is 2.78 bits per heavy atom. The molecule has 0 fully saturated rings. The number of para-hydroxylation sites is 1. The first-order chi connectivity index (χ1) is 8.81. The molecule has 0 saturated heterocycles. The molecular formula is C14H12N2OS. The Bertz CT molecular complexity index is 645. The number of aromatic nitrogens is 2. The summed E-state index contributed by atoms with van der Waals surface area (Å²) in [5.74, 6) is 0.647. The summed E-state index contributed by atoms with van der Waals surface area (Å²) in [4.78, 5) is 8.81. The summed E-state index contributed by atoms with van der Waals surface area (Å²) in [5.41, 5.74) is 1.98. The average molecular weight is 256 g/mol. The maximum Gasteiger partial charge on any atom is 0.213 e. The molecule has 0 N–H and O–H groups in total. The van der Waals surface area contributed by atoms with Crippen molar-refractivity contribution in [3.8, 4) is 5.88 Å². The van der Waals surface area contributed by atoms with Crippen LogP contribution < -0.4 is 4.74 Å². The lowest BCUT2D eigenvalue weighted by molar-refractivity contribution is 0.293. The van der Waals surface area contributed by atoms with Crippen LogP contribution in [0.4, 0.5) is 0 Å². The third kappa shape index (κ3) is 2.33. The molecule has 3 rings (SSSR count). The maximum atomic E-state index is 5.64. The van der Waals surface area contributed by atoms with Gasteiger partial charge in [0.2, 0.25) is 5.88 Å². The van der Waals surface area contributed by atoms with Crippen LogP contribution in [-0.4, -0.2) is 9.97 Å². The van der Waals surface area contributed by atoms with Crippen LogP contribution in [0.5, 0.6) is 5.88 Å². The van der Waals surface area contributed by atoms with Crippen molar-refractivity contribution in [3.63, 3.8) is 0 Å². The minimum atomic E-state index is 0.468. The van der Waals surface area contributed by atoms with E-state index in [0.29, 0.717) is 12.5 Å². The Balaban J connectivity index is 1.76. The molecule has 0 aliphatic heterocycles. The van der Waals surface area contributed by atoms with Crippen molar-refractivity contribution in [1.29, 1.82) is 0 Å². The molecule has 3 nitrogen and oxygen atoms in total. The van der Waals surface area contributed by atoms with Crippen LogP contribution in [0.1, 0.15) is 10.7 Å². The number of nitrogens with zero attached hydrogens (tertiary/aromatic N) is 2. The zero-order valence-electron chi connectivity index (χ0n) is 9.96. The van der Waals surface area contributed by atoms with Crippen LogP contribution >= 0.6 is 11.3 Å². The average Bonchev–Trinajstić information content (AvgIpc) is 2.79. The molecular weight excluding hydrogens is 244 g/mol. The second-order valence-corrected chi connectivity index (χ2v) is 5.10. The van der Waals surface area contributed by atoms with Crippen LogP contribution in [-0.2, 0) is 6.61 Å². The van der Waals surface area contributed by atoms with Crippen molar-refractivity contribution in [1.82, 2.24) is 9.97 Å². The Labute approximate surface area is 109 Å². The van der Waals surface area contributed by atoms with E-state index in [9.17, 15) is 0 Å². The Hall–Kier alpha value is -1.94. The molecule has 0 unspecified atom stereocenters. The summed E-state index contributed by atoms with van der Waals surface area (Å²) < 4.78 is 6.83. The van der Waals surface area contributed by atoms with E-state index in [1.165, 1.54) is 4.70 Å². The van der Waals surface area contributed by atoms with Gasteiger partial charge in [0.1, 0.15) is 11.6 Å². The number of hydrogen-bond donors (Lipinski definition) is 0. The number of hydrogen-bond acceptors (Lipinski definition) is 4. The number of thiazole rings is 1. The molecule has 0 spiro atoms. The summed E-state index contributed by atoms with van der Waals surface area (Å²) in [6, 6.07) is 13.9. The van der Waals surface area contributed by atoms with Gasteiger partial charge in [0.15, 0.2) is 0 Å². The first-order valence-corrected chi connectivity index (χ1v) is 6.54. The van der Waals surface area contributed by atoms with Gasteiger partial charge in [-0.3, -0.25) is 0 Å². The molecule has 0 bridgehead atoms. The minimum absolute atomic E-state index is 0.468. The fraction of sp³-hybridized carbons (Fsp3) is 0.143.